The number of nitrogens with zero attached hydrogens (tertiary/aromatic N) is 1. The monoisotopic (exact) mass is 376 g/mol. The topological polar surface area (TPSA) is 24.9 Å². The summed E-state index contributed by atoms with van der Waals surface area (Å²) < 4.78 is 15.4. The number of aromatic nitrogens is 1. The third kappa shape index (κ3) is 3.71. The van der Waals surface area contributed by atoms with E-state index in [1.54, 1.807) is 12.3 Å². The van der Waals surface area contributed by atoms with Crippen LogP contribution in [-0.4, -0.2) is 4.98 Å². The summed E-state index contributed by atoms with van der Waals surface area (Å²) in [5.41, 5.74) is 1.32. The standard InChI is InChI=1S/C14H15BrClFN2S/c1-14(2,3)8-4-10(15)12(11(17)5-8)18-6-9-7-19-13(16)20-9/h4-5,7,18H,6H2,1-3H3. The van der Waals surface area contributed by atoms with Gasteiger partial charge >= 0.3 is 0 Å². The van der Waals surface area contributed by atoms with Crippen LogP contribution in [0.5, 0.6) is 0 Å². The van der Waals surface area contributed by atoms with Crippen LogP contribution in [0.1, 0.15) is 31.2 Å². The Morgan fingerprint density at radius 2 is 2.10 bits per heavy atom. The molecule has 1 aromatic carbocycles. The van der Waals surface area contributed by atoms with Crippen molar-refractivity contribution in [3.05, 3.63) is 43.5 Å². The maximum absolute atomic E-state index is 14.2. The molecule has 0 aliphatic carbocycles. The largest absolute Gasteiger partial charge is 0.377 e. The fraction of sp³-hybridized carbons (Fsp3) is 0.357. The zero-order chi connectivity index (χ0) is 14.9. The van der Waals surface area contributed by atoms with Crippen molar-refractivity contribution in [3.8, 4) is 0 Å². The molecule has 1 aromatic heterocycles. The molecule has 1 N–H and O–H groups in total. The lowest BCUT2D eigenvalue weighted by molar-refractivity contribution is 0.572. The molecule has 1 heterocycles. The normalized spacial score (nSPS) is 11.7. The average molecular weight is 378 g/mol. The minimum atomic E-state index is -0.264. The molecule has 108 valence electrons. The van der Waals surface area contributed by atoms with Gasteiger partial charge in [0.25, 0.3) is 0 Å². The van der Waals surface area contributed by atoms with Crippen LogP contribution in [-0.2, 0) is 12.0 Å². The van der Waals surface area contributed by atoms with E-state index in [4.69, 9.17) is 11.6 Å². The summed E-state index contributed by atoms with van der Waals surface area (Å²) in [7, 11) is 0. The predicted octanol–water partition coefficient (Wildman–Crippen LogP) is 5.61. The van der Waals surface area contributed by atoms with Crippen LogP contribution in [0.4, 0.5) is 10.1 Å². The van der Waals surface area contributed by atoms with Gasteiger partial charge in [-0.2, -0.15) is 0 Å². The van der Waals surface area contributed by atoms with Gasteiger partial charge in [-0.25, -0.2) is 9.37 Å². The Labute approximate surface area is 135 Å². The Balaban J connectivity index is 2.20. The molecule has 0 bridgehead atoms. The van der Waals surface area contributed by atoms with Crippen molar-refractivity contribution in [2.75, 3.05) is 5.32 Å². The SMILES string of the molecule is CC(C)(C)c1cc(F)c(NCc2cnc(Cl)s2)c(Br)c1. The zero-order valence-corrected chi connectivity index (χ0v) is 14.6. The molecule has 0 saturated heterocycles. The van der Waals surface area contributed by atoms with Gasteiger partial charge in [0, 0.05) is 15.5 Å². The van der Waals surface area contributed by atoms with Crippen molar-refractivity contribution in [1.29, 1.82) is 0 Å². The van der Waals surface area contributed by atoms with Gasteiger partial charge in [-0.3, -0.25) is 0 Å². The Morgan fingerprint density at radius 3 is 2.60 bits per heavy atom. The first-order chi connectivity index (χ1) is 9.27. The van der Waals surface area contributed by atoms with Crippen molar-refractivity contribution in [2.24, 2.45) is 0 Å². The van der Waals surface area contributed by atoms with Crippen molar-refractivity contribution in [2.45, 2.75) is 32.7 Å². The van der Waals surface area contributed by atoms with Crippen molar-refractivity contribution >= 4 is 44.6 Å². The van der Waals surface area contributed by atoms with E-state index in [1.165, 1.54) is 11.3 Å². The van der Waals surface area contributed by atoms with Crippen LogP contribution in [0.3, 0.4) is 0 Å². The van der Waals surface area contributed by atoms with Crippen LogP contribution in [0.15, 0.2) is 22.8 Å². The molecule has 0 aliphatic rings. The second kappa shape index (κ2) is 6.00. The van der Waals surface area contributed by atoms with Gasteiger partial charge < -0.3 is 5.32 Å². The number of anilines is 1. The molecule has 6 heteroatoms. The van der Waals surface area contributed by atoms with E-state index in [0.717, 1.165) is 14.9 Å². The molecule has 2 rings (SSSR count). The summed E-state index contributed by atoms with van der Waals surface area (Å²) in [5, 5.41) is 3.08. The van der Waals surface area contributed by atoms with E-state index < -0.39 is 0 Å². The maximum atomic E-state index is 14.2. The number of hydrogen-bond donors (Lipinski definition) is 1. The van der Waals surface area contributed by atoms with Crippen LogP contribution in [0.2, 0.25) is 4.47 Å². The molecule has 0 radical (unpaired) electrons. The van der Waals surface area contributed by atoms with Crippen molar-refractivity contribution < 1.29 is 4.39 Å². The van der Waals surface area contributed by atoms with Crippen LogP contribution in [0, 0.1) is 5.82 Å². The Hall–Kier alpha value is -0.650. The number of rotatable bonds is 3. The van der Waals surface area contributed by atoms with Gasteiger partial charge in [0.05, 0.1) is 12.2 Å². The molecule has 0 spiro atoms. The summed E-state index contributed by atoms with van der Waals surface area (Å²) in [5.74, 6) is -0.264. The maximum Gasteiger partial charge on any atom is 0.183 e. The van der Waals surface area contributed by atoms with Crippen molar-refractivity contribution in [1.82, 2.24) is 4.98 Å². The third-order valence-electron chi connectivity index (χ3n) is 2.87. The molecule has 0 saturated carbocycles. The minimum Gasteiger partial charge on any atom is -0.377 e. The summed E-state index contributed by atoms with van der Waals surface area (Å²) >= 11 is 10.6. The van der Waals surface area contributed by atoms with E-state index >= 15 is 0 Å². The second-order valence-corrected chi connectivity index (χ2v) is 8.05. The van der Waals surface area contributed by atoms with E-state index in [-0.39, 0.29) is 11.2 Å². The first-order valence-corrected chi connectivity index (χ1v) is 8.09. The average Bonchev–Trinajstić information content (AvgIpc) is 2.72. The van der Waals surface area contributed by atoms with Gasteiger partial charge in [0.2, 0.25) is 0 Å². The first-order valence-electron chi connectivity index (χ1n) is 6.11. The first kappa shape index (κ1) is 15.7. The smallest absolute Gasteiger partial charge is 0.183 e. The quantitative estimate of drug-likeness (QED) is 0.752. The molecule has 0 unspecified atom stereocenters. The molecule has 0 atom stereocenters. The van der Waals surface area contributed by atoms with E-state index in [9.17, 15) is 4.39 Å². The summed E-state index contributed by atoms with van der Waals surface area (Å²) in [6, 6.07) is 3.53. The van der Waals surface area contributed by atoms with Crippen molar-refractivity contribution in [3.63, 3.8) is 0 Å². The van der Waals surface area contributed by atoms with Crippen LogP contribution in [0.25, 0.3) is 0 Å². The number of nitrogens with one attached hydrogen (secondary N) is 1. The Bertz CT molecular complexity index is 599. The summed E-state index contributed by atoms with van der Waals surface area (Å²) in [4.78, 5) is 4.92. The molecule has 0 fully saturated rings. The molecular weight excluding hydrogens is 363 g/mol. The fourth-order valence-electron chi connectivity index (χ4n) is 1.72. The minimum absolute atomic E-state index is 0.0902. The Morgan fingerprint density at radius 1 is 1.40 bits per heavy atom. The molecular formula is C14H15BrClFN2S. The molecule has 2 nitrogen and oxygen atoms in total. The van der Waals surface area contributed by atoms with Crippen LogP contribution >= 0.6 is 38.9 Å². The highest BCUT2D eigenvalue weighted by Crippen LogP contribution is 2.33. The van der Waals surface area contributed by atoms with Gasteiger partial charge in [0.1, 0.15) is 5.82 Å². The summed E-state index contributed by atoms with van der Waals surface area (Å²) in [6.45, 7) is 6.66. The highest BCUT2D eigenvalue weighted by molar-refractivity contribution is 9.10. The van der Waals surface area contributed by atoms with Gasteiger partial charge in [0.15, 0.2) is 4.47 Å². The highest BCUT2D eigenvalue weighted by Gasteiger charge is 2.18. The lowest BCUT2D eigenvalue weighted by Gasteiger charge is -2.21. The molecule has 20 heavy (non-hydrogen) atoms. The lowest BCUT2D eigenvalue weighted by atomic mass is 9.87. The molecule has 0 aliphatic heterocycles. The number of thiazole rings is 1. The fourth-order valence-corrected chi connectivity index (χ4v) is 3.21. The predicted molar refractivity (Wildman–Crippen MR) is 87.3 cm³/mol. The summed E-state index contributed by atoms with van der Waals surface area (Å²) in [6.07, 6.45) is 1.69. The molecule has 0 amide bonds. The highest BCUT2D eigenvalue weighted by atomic mass is 79.9. The van der Waals surface area contributed by atoms with Gasteiger partial charge in [-0.15, -0.1) is 11.3 Å². The zero-order valence-electron chi connectivity index (χ0n) is 11.4. The number of halogens is 3. The van der Waals surface area contributed by atoms with Crippen LogP contribution < -0.4 is 5.32 Å². The number of benzene rings is 1. The van der Waals surface area contributed by atoms with E-state index in [2.05, 4.69) is 47.0 Å². The lowest BCUT2D eigenvalue weighted by Crippen LogP contribution is -2.12. The molecule has 2 aromatic rings. The van der Waals surface area contributed by atoms with E-state index in [1.807, 2.05) is 6.07 Å². The Kier molecular flexibility index (Phi) is 4.72. The second-order valence-electron chi connectivity index (χ2n) is 5.50. The van der Waals surface area contributed by atoms with Gasteiger partial charge in [-0.05, 0) is 39.0 Å². The number of hydrogen-bond acceptors (Lipinski definition) is 3. The van der Waals surface area contributed by atoms with Gasteiger partial charge in [-0.1, -0.05) is 32.4 Å². The third-order valence-corrected chi connectivity index (χ3v) is 4.61. The van der Waals surface area contributed by atoms with E-state index in [0.29, 0.717) is 16.7 Å².